The molecule has 1 N–H and O–H groups in total. The van der Waals surface area contributed by atoms with E-state index in [1.807, 2.05) is 30.3 Å². The summed E-state index contributed by atoms with van der Waals surface area (Å²) in [6.07, 6.45) is -0.264. The van der Waals surface area contributed by atoms with Crippen molar-refractivity contribution in [1.29, 1.82) is 0 Å². The number of hydrogen-bond donors (Lipinski definition) is 1. The van der Waals surface area contributed by atoms with Crippen LogP contribution in [0.25, 0.3) is 0 Å². The first-order chi connectivity index (χ1) is 10.1. The van der Waals surface area contributed by atoms with Crippen LogP contribution in [0, 0.1) is 0 Å². The number of fused-ring (bicyclic) bond motifs is 1. The molecule has 5 heteroatoms. The van der Waals surface area contributed by atoms with E-state index in [0.717, 1.165) is 15.6 Å². The maximum absolute atomic E-state index is 10.3. The molecule has 0 fully saturated rings. The maximum atomic E-state index is 10.3. The van der Waals surface area contributed by atoms with E-state index in [1.54, 1.807) is 13.2 Å². The lowest BCUT2D eigenvalue weighted by molar-refractivity contribution is 0.0654. The summed E-state index contributed by atoms with van der Waals surface area (Å²) in [6, 6.07) is 11.1. The Hall–Kier alpha value is -1.23. The van der Waals surface area contributed by atoms with Crippen LogP contribution in [0.15, 0.2) is 40.9 Å². The highest BCUT2D eigenvalue weighted by atomic mass is 79.9. The predicted molar refractivity (Wildman–Crippen MR) is 85.1 cm³/mol. The molecule has 0 bridgehead atoms. The first-order valence-electron chi connectivity index (χ1n) is 6.56. The molecule has 2 aromatic rings. The van der Waals surface area contributed by atoms with Crippen molar-refractivity contribution in [3.63, 3.8) is 0 Å². The highest BCUT2D eigenvalue weighted by molar-refractivity contribution is 9.10. The third-order valence-corrected chi connectivity index (χ3v) is 4.82. The van der Waals surface area contributed by atoms with E-state index in [0.29, 0.717) is 22.9 Å². The second kappa shape index (κ2) is 5.87. The average Bonchev–Trinajstić information content (AvgIpc) is 2.49. The molecule has 0 aliphatic carbocycles. The average molecular weight is 370 g/mol. The lowest BCUT2D eigenvalue weighted by Crippen LogP contribution is -2.19. The van der Waals surface area contributed by atoms with Crippen LogP contribution in [0.2, 0.25) is 5.02 Å². The number of methoxy groups -OCH3 is 1. The Morgan fingerprint density at radius 1 is 1.29 bits per heavy atom. The van der Waals surface area contributed by atoms with E-state index in [1.165, 1.54) is 0 Å². The van der Waals surface area contributed by atoms with Gasteiger partial charge in [0.25, 0.3) is 0 Å². The molecule has 0 saturated carbocycles. The van der Waals surface area contributed by atoms with Crippen molar-refractivity contribution in [3.8, 4) is 11.5 Å². The normalized spacial score (nSPS) is 20.6. The van der Waals surface area contributed by atoms with Crippen molar-refractivity contribution in [2.75, 3.05) is 7.11 Å². The van der Waals surface area contributed by atoms with Crippen LogP contribution in [-0.4, -0.2) is 12.2 Å². The first-order valence-corrected chi connectivity index (χ1v) is 7.73. The molecule has 2 atom stereocenters. The van der Waals surface area contributed by atoms with Gasteiger partial charge < -0.3 is 14.6 Å². The van der Waals surface area contributed by atoms with Crippen molar-refractivity contribution in [1.82, 2.24) is 0 Å². The van der Waals surface area contributed by atoms with Crippen molar-refractivity contribution >= 4 is 27.5 Å². The molecule has 3 nitrogen and oxygen atoms in total. The number of aliphatic hydroxyl groups is 1. The lowest BCUT2D eigenvalue weighted by atomic mass is 9.95. The quantitative estimate of drug-likeness (QED) is 0.836. The molecule has 0 saturated heterocycles. The molecule has 2 aromatic carbocycles. The van der Waals surface area contributed by atoms with Gasteiger partial charge in [0.05, 0.1) is 18.2 Å². The minimum atomic E-state index is -0.556. The Morgan fingerprint density at radius 3 is 2.81 bits per heavy atom. The van der Waals surface area contributed by atoms with Gasteiger partial charge in [-0.25, -0.2) is 0 Å². The number of halogens is 2. The standard InChI is InChI=1S/C16H14BrClO3/c1-20-10-3-4-11-14(19)8-15(21-16(11)7-10)9-2-5-13(18)12(17)6-9/h2-7,14-15,19H,8H2,1H3. The van der Waals surface area contributed by atoms with E-state index < -0.39 is 6.10 Å². The van der Waals surface area contributed by atoms with Crippen molar-refractivity contribution in [3.05, 3.63) is 57.0 Å². The summed E-state index contributed by atoms with van der Waals surface area (Å²) >= 11 is 9.43. The van der Waals surface area contributed by atoms with Gasteiger partial charge in [-0.05, 0) is 45.8 Å². The molecule has 0 radical (unpaired) electrons. The van der Waals surface area contributed by atoms with Gasteiger partial charge in [0, 0.05) is 22.5 Å². The van der Waals surface area contributed by atoms with Crippen LogP contribution >= 0.6 is 27.5 Å². The first kappa shape index (κ1) is 14.7. The molecule has 1 heterocycles. The zero-order chi connectivity index (χ0) is 15.0. The number of hydrogen-bond acceptors (Lipinski definition) is 3. The topological polar surface area (TPSA) is 38.7 Å². The van der Waals surface area contributed by atoms with E-state index in [-0.39, 0.29) is 6.10 Å². The Balaban J connectivity index is 1.94. The van der Waals surface area contributed by atoms with E-state index in [2.05, 4.69) is 15.9 Å². The molecule has 0 spiro atoms. The summed E-state index contributed by atoms with van der Waals surface area (Å²) in [7, 11) is 1.61. The fourth-order valence-electron chi connectivity index (χ4n) is 2.47. The summed E-state index contributed by atoms with van der Waals surface area (Å²) in [5.74, 6) is 1.36. The Kier molecular flexibility index (Phi) is 4.11. The molecule has 0 amide bonds. The lowest BCUT2D eigenvalue weighted by Gasteiger charge is -2.30. The molecule has 3 rings (SSSR count). The smallest absolute Gasteiger partial charge is 0.129 e. The Bertz CT molecular complexity index is 675. The fourth-order valence-corrected chi connectivity index (χ4v) is 2.98. The van der Waals surface area contributed by atoms with Gasteiger partial charge in [0.15, 0.2) is 0 Å². The number of benzene rings is 2. The van der Waals surface area contributed by atoms with E-state index >= 15 is 0 Å². The highest BCUT2D eigenvalue weighted by Crippen LogP contribution is 2.43. The molecule has 110 valence electrons. The number of ether oxygens (including phenoxy) is 2. The summed E-state index contributed by atoms with van der Waals surface area (Å²) < 4.78 is 12.0. The zero-order valence-corrected chi connectivity index (χ0v) is 13.7. The molecular weight excluding hydrogens is 356 g/mol. The minimum Gasteiger partial charge on any atom is -0.497 e. The van der Waals surface area contributed by atoms with Gasteiger partial charge >= 0.3 is 0 Å². The second-order valence-electron chi connectivity index (χ2n) is 4.94. The maximum Gasteiger partial charge on any atom is 0.129 e. The Labute approximate surface area is 136 Å². The Morgan fingerprint density at radius 2 is 2.10 bits per heavy atom. The SMILES string of the molecule is COc1ccc2c(c1)OC(c1ccc(Cl)c(Br)c1)CC2O. The number of aliphatic hydroxyl groups excluding tert-OH is 1. The van der Waals surface area contributed by atoms with Crippen molar-refractivity contribution in [2.24, 2.45) is 0 Å². The molecule has 1 aliphatic heterocycles. The van der Waals surface area contributed by atoms with Crippen LogP contribution < -0.4 is 9.47 Å². The van der Waals surface area contributed by atoms with E-state index in [9.17, 15) is 5.11 Å². The monoisotopic (exact) mass is 368 g/mol. The summed E-state index contributed by atoms with van der Waals surface area (Å²) in [4.78, 5) is 0. The van der Waals surface area contributed by atoms with Crippen LogP contribution in [0.1, 0.15) is 29.8 Å². The minimum absolute atomic E-state index is 0.215. The van der Waals surface area contributed by atoms with Crippen molar-refractivity contribution < 1.29 is 14.6 Å². The van der Waals surface area contributed by atoms with Gasteiger partial charge in [-0.1, -0.05) is 17.7 Å². The van der Waals surface area contributed by atoms with Crippen LogP contribution in [0.5, 0.6) is 11.5 Å². The van der Waals surface area contributed by atoms with Gasteiger partial charge in [-0.3, -0.25) is 0 Å². The van der Waals surface area contributed by atoms with Gasteiger partial charge in [-0.2, -0.15) is 0 Å². The summed E-state index contributed by atoms with van der Waals surface area (Å²) in [5, 5.41) is 11.0. The van der Waals surface area contributed by atoms with Crippen LogP contribution in [0.4, 0.5) is 0 Å². The van der Waals surface area contributed by atoms with Crippen molar-refractivity contribution in [2.45, 2.75) is 18.6 Å². The van der Waals surface area contributed by atoms with Gasteiger partial charge in [0.1, 0.15) is 17.6 Å². The van der Waals surface area contributed by atoms with E-state index in [4.69, 9.17) is 21.1 Å². The molecule has 21 heavy (non-hydrogen) atoms. The largest absolute Gasteiger partial charge is 0.497 e. The van der Waals surface area contributed by atoms with Gasteiger partial charge in [0.2, 0.25) is 0 Å². The summed E-state index contributed by atoms with van der Waals surface area (Å²) in [6.45, 7) is 0. The summed E-state index contributed by atoms with van der Waals surface area (Å²) in [5.41, 5.74) is 1.76. The highest BCUT2D eigenvalue weighted by Gasteiger charge is 2.28. The van der Waals surface area contributed by atoms with Crippen LogP contribution in [-0.2, 0) is 0 Å². The molecule has 0 aromatic heterocycles. The molecule has 2 unspecified atom stereocenters. The zero-order valence-electron chi connectivity index (χ0n) is 11.3. The second-order valence-corrected chi connectivity index (χ2v) is 6.20. The molecule has 1 aliphatic rings. The number of rotatable bonds is 2. The van der Waals surface area contributed by atoms with Crippen LogP contribution in [0.3, 0.4) is 0 Å². The fraction of sp³-hybridized carbons (Fsp3) is 0.250. The third kappa shape index (κ3) is 2.89. The molecular formula is C16H14BrClO3. The third-order valence-electron chi connectivity index (χ3n) is 3.60. The predicted octanol–water partition coefficient (Wildman–Crippen LogP) is 4.67. The van der Waals surface area contributed by atoms with Gasteiger partial charge in [-0.15, -0.1) is 0 Å².